The molecule has 0 bridgehead atoms. The number of nitrogens with one attached hydrogen (secondary N) is 1. The Balaban J connectivity index is 2.04. The van der Waals surface area contributed by atoms with Crippen molar-refractivity contribution < 1.29 is 14.3 Å². The minimum Gasteiger partial charge on any atom is -0.452 e. The lowest BCUT2D eigenvalue weighted by Gasteiger charge is -2.11. The van der Waals surface area contributed by atoms with Gasteiger partial charge in [-0.1, -0.05) is 6.07 Å². The first-order chi connectivity index (χ1) is 11.7. The van der Waals surface area contributed by atoms with Crippen LogP contribution in [0.4, 0.5) is 5.82 Å². The summed E-state index contributed by atoms with van der Waals surface area (Å²) in [5.74, 6) is -1.25. The Labute approximate surface area is 143 Å². The molecule has 0 aliphatic heterocycles. The lowest BCUT2D eigenvalue weighted by molar-refractivity contribution is -0.119. The number of aryl methyl sites for hydroxylation is 2. The zero-order valence-electron chi connectivity index (χ0n) is 14.5. The predicted molar refractivity (Wildman–Crippen MR) is 91.8 cm³/mol. The van der Waals surface area contributed by atoms with Crippen LogP contribution < -0.4 is 16.6 Å². The van der Waals surface area contributed by atoms with Gasteiger partial charge < -0.3 is 10.1 Å². The first-order valence-corrected chi connectivity index (χ1v) is 7.52. The third-order valence-electron chi connectivity index (χ3n) is 3.87. The second-order valence-corrected chi connectivity index (χ2v) is 5.69. The SMILES string of the molecule is Cc1ccc(C(=O)OCC(=O)Nc2cc(=O)n(C)c(=O)n2C)cc1C. The average molecular weight is 345 g/mol. The molecule has 2 rings (SSSR count). The molecule has 0 radical (unpaired) electrons. The molecule has 1 heterocycles. The summed E-state index contributed by atoms with van der Waals surface area (Å²) >= 11 is 0. The van der Waals surface area contributed by atoms with E-state index in [0.29, 0.717) is 5.56 Å². The highest BCUT2D eigenvalue weighted by Gasteiger charge is 2.13. The summed E-state index contributed by atoms with van der Waals surface area (Å²) in [6, 6.07) is 6.21. The van der Waals surface area contributed by atoms with Crippen LogP contribution in [0.25, 0.3) is 0 Å². The van der Waals surface area contributed by atoms with Gasteiger partial charge >= 0.3 is 11.7 Å². The smallest absolute Gasteiger partial charge is 0.338 e. The van der Waals surface area contributed by atoms with Gasteiger partial charge in [0.05, 0.1) is 5.56 Å². The summed E-state index contributed by atoms with van der Waals surface area (Å²) < 4.78 is 6.99. The van der Waals surface area contributed by atoms with Crippen LogP contribution in [0.3, 0.4) is 0 Å². The maximum Gasteiger partial charge on any atom is 0.338 e. The summed E-state index contributed by atoms with van der Waals surface area (Å²) in [5.41, 5.74) is 1.20. The molecule has 0 aliphatic carbocycles. The quantitative estimate of drug-likeness (QED) is 0.813. The van der Waals surface area contributed by atoms with Gasteiger partial charge in [0, 0.05) is 20.2 Å². The highest BCUT2D eigenvalue weighted by Crippen LogP contribution is 2.11. The molecular formula is C17H19N3O5. The molecule has 0 atom stereocenters. The number of ether oxygens (including phenoxy) is 1. The van der Waals surface area contributed by atoms with Crippen molar-refractivity contribution in [1.29, 1.82) is 0 Å². The Morgan fingerprint density at radius 3 is 2.36 bits per heavy atom. The van der Waals surface area contributed by atoms with Crippen LogP contribution >= 0.6 is 0 Å². The first-order valence-electron chi connectivity index (χ1n) is 7.52. The van der Waals surface area contributed by atoms with Gasteiger partial charge in [-0.25, -0.2) is 9.59 Å². The predicted octanol–water partition coefficient (Wildman–Crippen LogP) is 0.496. The fraction of sp³-hybridized carbons (Fsp3) is 0.294. The van der Waals surface area contributed by atoms with Gasteiger partial charge in [0.1, 0.15) is 5.82 Å². The van der Waals surface area contributed by atoms with E-state index in [1.807, 2.05) is 13.8 Å². The van der Waals surface area contributed by atoms with Crippen molar-refractivity contribution in [1.82, 2.24) is 9.13 Å². The largest absolute Gasteiger partial charge is 0.452 e. The molecule has 0 unspecified atom stereocenters. The normalized spacial score (nSPS) is 10.4. The van der Waals surface area contributed by atoms with Crippen LogP contribution in [-0.2, 0) is 23.6 Å². The number of carbonyl (C=O) groups is 2. The topological polar surface area (TPSA) is 99.4 Å². The molecular weight excluding hydrogens is 326 g/mol. The average Bonchev–Trinajstić information content (AvgIpc) is 2.58. The number of esters is 1. The van der Waals surface area contributed by atoms with Crippen molar-refractivity contribution in [2.75, 3.05) is 11.9 Å². The number of anilines is 1. The van der Waals surface area contributed by atoms with E-state index in [2.05, 4.69) is 5.32 Å². The van der Waals surface area contributed by atoms with Crippen molar-refractivity contribution in [3.63, 3.8) is 0 Å². The number of hydrogen-bond donors (Lipinski definition) is 1. The first kappa shape index (κ1) is 18.2. The number of aromatic nitrogens is 2. The molecule has 2 aromatic rings. The molecule has 1 aromatic carbocycles. The summed E-state index contributed by atoms with van der Waals surface area (Å²) in [6.07, 6.45) is 0. The van der Waals surface area contributed by atoms with Gasteiger partial charge in [0.2, 0.25) is 0 Å². The van der Waals surface area contributed by atoms with E-state index in [-0.39, 0.29) is 5.82 Å². The minimum absolute atomic E-state index is 0.0281. The maximum absolute atomic E-state index is 12.0. The second-order valence-electron chi connectivity index (χ2n) is 5.69. The third-order valence-corrected chi connectivity index (χ3v) is 3.87. The van der Waals surface area contributed by atoms with Crippen molar-refractivity contribution in [3.8, 4) is 0 Å². The number of amides is 1. The second kappa shape index (κ2) is 7.16. The van der Waals surface area contributed by atoms with Crippen LogP contribution in [0.5, 0.6) is 0 Å². The summed E-state index contributed by atoms with van der Waals surface area (Å²) in [5, 5.41) is 2.38. The summed E-state index contributed by atoms with van der Waals surface area (Å²) in [4.78, 5) is 47.3. The highest BCUT2D eigenvalue weighted by atomic mass is 16.5. The van der Waals surface area contributed by atoms with Crippen LogP contribution in [0.2, 0.25) is 0 Å². The Bertz CT molecular complexity index is 956. The molecule has 0 fully saturated rings. The molecule has 8 nitrogen and oxygen atoms in total. The Hall–Kier alpha value is -3.16. The molecule has 1 amide bonds. The molecule has 8 heteroatoms. The van der Waals surface area contributed by atoms with E-state index >= 15 is 0 Å². The van der Waals surface area contributed by atoms with Crippen molar-refractivity contribution in [2.45, 2.75) is 13.8 Å². The van der Waals surface area contributed by atoms with E-state index < -0.39 is 29.7 Å². The van der Waals surface area contributed by atoms with Crippen molar-refractivity contribution in [3.05, 3.63) is 61.8 Å². The van der Waals surface area contributed by atoms with Gasteiger partial charge in [-0.15, -0.1) is 0 Å². The minimum atomic E-state index is -0.652. The zero-order valence-corrected chi connectivity index (χ0v) is 14.5. The molecule has 132 valence electrons. The van der Waals surface area contributed by atoms with E-state index in [4.69, 9.17) is 4.74 Å². The summed E-state index contributed by atoms with van der Waals surface area (Å²) in [7, 11) is 2.75. The van der Waals surface area contributed by atoms with Crippen LogP contribution in [0.15, 0.2) is 33.9 Å². The molecule has 0 saturated carbocycles. The fourth-order valence-electron chi connectivity index (χ4n) is 2.11. The Morgan fingerprint density at radius 2 is 1.72 bits per heavy atom. The monoisotopic (exact) mass is 345 g/mol. The van der Waals surface area contributed by atoms with Crippen LogP contribution in [0.1, 0.15) is 21.5 Å². The van der Waals surface area contributed by atoms with E-state index in [1.165, 1.54) is 14.1 Å². The number of nitrogens with zero attached hydrogens (tertiary/aromatic N) is 2. The van der Waals surface area contributed by atoms with Gasteiger partial charge in [0.25, 0.3) is 11.5 Å². The molecule has 0 aliphatic rings. The lowest BCUT2D eigenvalue weighted by Crippen LogP contribution is -2.38. The maximum atomic E-state index is 12.0. The van der Waals surface area contributed by atoms with Gasteiger partial charge in [-0.3, -0.25) is 18.7 Å². The molecule has 0 saturated heterocycles. The zero-order chi connectivity index (χ0) is 18.7. The number of rotatable bonds is 4. The van der Waals surface area contributed by atoms with E-state index in [1.54, 1.807) is 18.2 Å². The summed E-state index contributed by atoms with van der Waals surface area (Å²) in [6.45, 7) is 3.26. The van der Waals surface area contributed by atoms with Gasteiger partial charge in [0.15, 0.2) is 6.61 Å². The number of carbonyl (C=O) groups excluding carboxylic acids is 2. The number of hydrogen-bond acceptors (Lipinski definition) is 5. The van der Waals surface area contributed by atoms with Gasteiger partial charge in [-0.05, 0) is 37.1 Å². The standard InChI is InChI=1S/C17H19N3O5/c1-10-5-6-12(7-11(10)2)16(23)25-9-14(21)18-13-8-15(22)20(4)17(24)19(13)3/h5-8H,9H2,1-4H3,(H,18,21). The van der Waals surface area contributed by atoms with Crippen molar-refractivity contribution in [2.24, 2.45) is 14.1 Å². The fourth-order valence-corrected chi connectivity index (χ4v) is 2.11. The Morgan fingerprint density at radius 1 is 1.04 bits per heavy atom. The van der Waals surface area contributed by atoms with E-state index in [9.17, 15) is 19.2 Å². The molecule has 25 heavy (non-hydrogen) atoms. The number of benzene rings is 1. The lowest BCUT2D eigenvalue weighted by atomic mass is 10.1. The van der Waals surface area contributed by atoms with Crippen LogP contribution in [0, 0.1) is 13.8 Å². The van der Waals surface area contributed by atoms with Crippen molar-refractivity contribution >= 4 is 17.7 Å². The molecule has 1 aromatic heterocycles. The van der Waals surface area contributed by atoms with Gasteiger partial charge in [-0.2, -0.15) is 0 Å². The van der Waals surface area contributed by atoms with Crippen LogP contribution in [-0.4, -0.2) is 27.6 Å². The molecule has 0 spiro atoms. The third kappa shape index (κ3) is 4.03. The van der Waals surface area contributed by atoms with E-state index in [0.717, 1.165) is 26.3 Å². The Kier molecular flexibility index (Phi) is 5.21. The molecule has 1 N–H and O–H groups in total. The highest BCUT2D eigenvalue weighted by molar-refractivity contribution is 5.95.